The van der Waals surface area contributed by atoms with Gasteiger partial charge in [-0.1, -0.05) is 42.9 Å². The van der Waals surface area contributed by atoms with Gasteiger partial charge in [0, 0.05) is 6.04 Å². The molecule has 0 fully saturated rings. The second kappa shape index (κ2) is 8.06. The fourth-order valence-corrected chi connectivity index (χ4v) is 6.66. The third-order valence-corrected chi connectivity index (χ3v) is 9.08. The van der Waals surface area contributed by atoms with Crippen molar-refractivity contribution in [3.8, 4) is 0 Å². The Balaban J connectivity index is 2.61. The van der Waals surface area contributed by atoms with Gasteiger partial charge in [0.2, 0.25) is 24.0 Å². The Bertz CT molecular complexity index is 962. The van der Waals surface area contributed by atoms with Crippen molar-refractivity contribution in [3.05, 3.63) is 29.8 Å². The van der Waals surface area contributed by atoms with Crippen LogP contribution >= 0.6 is 11.3 Å². The van der Waals surface area contributed by atoms with Gasteiger partial charge in [0.15, 0.2) is 5.03 Å². The first-order chi connectivity index (χ1) is 12.1. The van der Waals surface area contributed by atoms with E-state index in [2.05, 4.69) is 10.3 Å². The van der Waals surface area contributed by atoms with E-state index in [4.69, 9.17) is 0 Å². The first-order valence-corrected chi connectivity index (χ1v) is 12.4. The number of anilines is 1. The van der Waals surface area contributed by atoms with E-state index < -0.39 is 19.7 Å². The Morgan fingerprint density at radius 3 is 2.27 bits per heavy atom. The lowest BCUT2D eigenvalue weighted by atomic mass is 10.2. The average Bonchev–Trinajstić information content (AvgIpc) is 3.00. The number of thiazole rings is 1. The van der Waals surface area contributed by atoms with E-state index >= 15 is 0 Å². The van der Waals surface area contributed by atoms with E-state index in [-0.39, 0.29) is 31.1 Å². The number of sulfone groups is 2. The van der Waals surface area contributed by atoms with Crippen molar-refractivity contribution >= 4 is 36.0 Å². The van der Waals surface area contributed by atoms with E-state index in [0.29, 0.717) is 6.42 Å². The minimum Gasteiger partial charge on any atom is -0.372 e. The zero-order valence-corrected chi connectivity index (χ0v) is 17.8. The van der Waals surface area contributed by atoms with Crippen molar-refractivity contribution in [1.29, 1.82) is 0 Å². The van der Waals surface area contributed by atoms with Crippen LogP contribution in [-0.4, -0.2) is 33.6 Å². The number of aryl methyl sites for hydroxylation is 1. The summed E-state index contributed by atoms with van der Waals surface area (Å²) in [4.78, 5) is 4.14. The second-order valence-corrected chi connectivity index (χ2v) is 11.3. The lowest BCUT2D eigenvalue weighted by Crippen LogP contribution is -2.15. The van der Waals surface area contributed by atoms with Crippen LogP contribution in [0.25, 0.3) is 0 Å². The largest absolute Gasteiger partial charge is 0.372 e. The smallest absolute Gasteiger partial charge is 0.226 e. The molecule has 1 atom stereocenters. The predicted octanol–water partition coefficient (Wildman–Crippen LogP) is 3.68. The van der Waals surface area contributed by atoms with Gasteiger partial charge in [-0.2, -0.15) is 0 Å². The molecule has 0 aliphatic rings. The molecule has 1 heterocycles. The van der Waals surface area contributed by atoms with Crippen LogP contribution in [0.4, 0.5) is 5.00 Å². The maximum Gasteiger partial charge on any atom is 0.226 e. The van der Waals surface area contributed by atoms with Gasteiger partial charge in [0.25, 0.3) is 0 Å². The highest BCUT2D eigenvalue weighted by Gasteiger charge is 2.30. The minimum atomic E-state index is -3.92. The van der Waals surface area contributed by atoms with Crippen molar-refractivity contribution in [2.24, 2.45) is 0 Å². The molecule has 1 unspecified atom stereocenters. The third-order valence-electron chi connectivity index (χ3n) is 3.89. The monoisotopic (exact) mass is 416 g/mol. The quantitative estimate of drug-likeness (QED) is 0.705. The Labute approximate surface area is 159 Å². The molecule has 1 N–H and O–H groups in total. The zero-order chi connectivity index (χ0) is 19.5. The van der Waals surface area contributed by atoms with Crippen molar-refractivity contribution in [1.82, 2.24) is 4.98 Å². The van der Waals surface area contributed by atoms with Crippen LogP contribution < -0.4 is 5.32 Å². The number of hydrogen-bond donors (Lipinski definition) is 1. The molecule has 0 bridgehead atoms. The van der Waals surface area contributed by atoms with Gasteiger partial charge in [-0.15, -0.1) is 0 Å². The van der Waals surface area contributed by atoms with Gasteiger partial charge in [0.1, 0.15) is 5.00 Å². The summed E-state index contributed by atoms with van der Waals surface area (Å²) in [6.45, 7) is 7.49. The zero-order valence-electron chi connectivity index (χ0n) is 15.3. The molecular weight excluding hydrogens is 392 g/mol. The Morgan fingerprint density at radius 1 is 1.12 bits per heavy atom. The summed E-state index contributed by atoms with van der Waals surface area (Å²) in [5, 5.41) is 3.15. The molecular formula is C17H24N2O4S3. The lowest BCUT2D eigenvalue weighted by Gasteiger charge is -2.12. The molecule has 144 valence electrons. The normalized spacial score (nSPS) is 13.5. The summed E-state index contributed by atoms with van der Waals surface area (Å²) >= 11 is 0.885. The van der Waals surface area contributed by atoms with E-state index in [9.17, 15) is 16.8 Å². The van der Waals surface area contributed by atoms with E-state index in [1.165, 1.54) is 12.1 Å². The molecule has 0 amide bonds. The first-order valence-electron chi connectivity index (χ1n) is 8.43. The van der Waals surface area contributed by atoms with Gasteiger partial charge in [-0.25, -0.2) is 21.8 Å². The fraction of sp³-hybridized carbons (Fsp3) is 0.471. The highest BCUT2D eigenvalue weighted by molar-refractivity contribution is 7.94. The van der Waals surface area contributed by atoms with Gasteiger partial charge < -0.3 is 5.32 Å². The standard InChI is InChI=1S/C17H24N2O4S3/c1-5-11-25(20,21)17-19-16(15(24-17)18-13(4)6-2)26(22,23)14-9-7-12(3)8-10-14/h7-10,13,18H,5-6,11H2,1-4H3. The Kier molecular flexibility index (Phi) is 6.46. The summed E-state index contributed by atoms with van der Waals surface area (Å²) in [6.07, 6.45) is 1.20. The number of hydrogen-bond acceptors (Lipinski definition) is 7. The van der Waals surface area contributed by atoms with E-state index in [1.807, 2.05) is 20.8 Å². The highest BCUT2D eigenvalue weighted by atomic mass is 32.2. The Hall–Kier alpha value is -1.45. The Morgan fingerprint density at radius 2 is 1.73 bits per heavy atom. The number of benzene rings is 1. The van der Waals surface area contributed by atoms with E-state index in [1.54, 1.807) is 19.1 Å². The van der Waals surface area contributed by atoms with Crippen LogP contribution in [0, 0.1) is 6.92 Å². The third kappa shape index (κ3) is 4.44. The highest BCUT2D eigenvalue weighted by Crippen LogP contribution is 2.35. The molecule has 0 radical (unpaired) electrons. The summed E-state index contributed by atoms with van der Waals surface area (Å²) < 4.78 is 50.7. The van der Waals surface area contributed by atoms with Crippen molar-refractivity contribution in [2.45, 2.75) is 60.8 Å². The van der Waals surface area contributed by atoms with Crippen LogP contribution in [0.5, 0.6) is 0 Å². The van der Waals surface area contributed by atoms with Crippen LogP contribution in [0.1, 0.15) is 39.2 Å². The van der Waals surface area contributed by atoms with Crippen LogP contribution in [0.2, 0.25) is 0 Å². The van der Waals surface area contributed by atoms with Crippen LogP contribution in [0.15, 0.2) is 38.5 Å². The molecule has 1 aromatic heterocycles. The molecule has 0 aliphatic carbocycles. The molecule has 26 heavy (non-hydrogen) atoms. The molecule has 0 spiro atoms. The van der Waals surface area contributed by atoms with Gasteiger partial charge in [-0.3, -0.25) is 0 Å². The van der Waals surface area contributed by atoms with Gasteiger partial charge >= 0.3 is 0 Å². The molecule has 2 rings (SSSR count). The number of nitrogens with one attached hydrogen (secondary N) is 1. The molecule has 2 aromatic rings. The molecule has 9 heteroatoms. The van der Waals surface area contributed by atoms with Crippen molar-refractivity contribution < 1.29 is 16.8 Å². The number of aromatic nitrogens is 1. The summed E-state index contributed by atoms with van der Waals surface area (Å²) in [5.74, 6) is -0.0622. The maximum absolute atomic E-state index is 13.0. The summed E-state index contributed by atoms with van der Waals surface area (Å²) in [5.41, 5.74) is 0.936. The number of nitrogens with zero attached hydrogens (tertiary/aromatic N) is 1. The minimum absolute atomic E-state index is 0.0100. The van der Waals surface area contributed by atoms with Crippen molar-refractivity contribution in [3.63, 3.8) is 0 Å². The topological polar surface area (TPSA) is 93.2 Å². The SMILES string of the molecule is CCCS(=O)(=O)c1nc(S(=O)(=O)c2ccc(C)cc2)c(NC(C)CC)s1. The molecule has 1 aromatic carbocycles. The maximum atomic E-state index is 13.0. The molecule has 0 saturated carbocycles. The molecule has 0 saturated heterocycles. The van der Waals surface area contributed by atoms with Crippen LogP contribution in [-0.2, 0) is 19.7 Å². The van der Waals surface area contributed by atoms with Gasteiger partial charge in [0.05, 0.1) is 10.6 Å². The lowest BCUT2D eigenvalue weighted by molar-refractivity contribution is 0.588. The first kappa shape index (κ1) is 20.9. The number of rotatable bonds is 8. The van der Waals surface area contributed by atoms with Crippen LogP contribution in [0.3, 0.4) is 0 Å². The fourth-order valence-electron chi connectivity index (χ4n) is 2.20. The van der Waals surface area contributed by atoms with Crippen molar-refractivity contribution in [2.75, 3.05) is 11.1 Å². The molecule has 0 aliphatic heterocycles. The molecule has 6 nitrogen and oxygen atoms in total. The van der Waals surface area contributed by atoms with Gasteiger partial charge in [-0.05, 0) is 38.8 Å². The average molecular weight is 417 g/mol. The van der Waals surface area contributed by atoms with E-state index in [0.717, 1.165) is 23.3 Å². The summed E-state index contributed by atoms with van der Waals surface area (Å²) in [6, 6.07) is 6.42. The predicted molar refractivity (Wildman–Crippen MR) is 104 cm³/mol. The summed E-state index contributed by atoms with van der Waals surface area (Å²) in [7, 11) is -7.52. The second-order valence-electron chi connectivity index (χ2n) is 6.20.